The number of amides is 2. The molecule has 2 aliphatic rings. The van der Waals surface area contributed by atoms with Gasteiger partial charge in [-0.05, 0) is 75.8 Å². The number of hydrogen-bond donors (Lipinski definition) is 2. The van der Waals surface area contributed by atoms with Crippen LogP contribution in [-0.2, 0) is 0 Å². The van der Waals surface area contributed by atoms with E-state index in [1.165, 1.54) is 6.42 Å². The Morgan fingerprint density at radius 2 is 1.77 bits per heavy atom. The highest BCUT2D eigenvalue weighted by Gasteiger charge is 2.33. The maximum Gasteiger partial charge on any atom is 0.319 e. The fourth-order valence-electron chi connectivity index (χ4n) is 5.22. The summed E-state index contributed by atoms with van der Waals surface area (Å²) in [4.78, 5) is 17.5. The Morgan fingerprint density at radius 3 is 2.49 bits per heavy atom. The van der Waals surface area contributed by atoms with Crippen LogP contribution in [0.4, 0.5) is 16.2 Å². The van der Waals surface area contributed by atoms with Gasteiger partial charge in [-0.25, -0.2) is 4.79 Å². The van der Waals surface area contributed by atoms with Crippen molar-refractivity contribution in [2.45, 2.75) is 44.6 Å². The number of para-hydroxylation sites is 2. The predicted molar refractivity (Wildman–Crippen MR) is 145 cm³/mol. The molecule has 1 saturated carbocycles. The Hall–Kier alpha value is -2.15. The van der Waals surface area contributed by atoms with Crippen molar-refractivity contribution in [3.05, 3.63) is 52.5 Å². The van der Waals surface area contributed by atoms with Crippen molar-refractivity contribution < 1.29 is 9.53 Å². The molecule has 0 atom stereocenters. The van der Waals surface area contributed by atoms with Gasteiger partial charge in [0.2, 0.25) is 0 Å². The number of hydrogen-bond acceptors (Lipinski definition) is 4. The number of rotatable bonds is 7. The summed E-state index contributed by atoms with van der Waals surface area (Å²) in [6.45, 7) is 7.30. The molecule has 1 heterocycles. The van der Waals surface area contributed by atoms with E-state index in [2.05, 4.69) is 27.4 Å². The van der Waals surface area contributed by atoms with Crippen LogP contribution < -0.4 is 20.3 Å². The molecular weight excluding hydrogens is 483 g/mol. The summed E-state index contributed by atoms with van der Waals surface area (Å²) in [6.07, 6.45) is 5.49. The molecule has 0 radical (unpaired) electrons. The maximum atomic E-state index is 12.6. The lowest BCUT2D eigenvalue weighted by atomic mass is 9.76. The smallest absolute Gasteiger partial charge is 0.319 e. The lowest BCUT2D eigenvalue weighted by Crippen LogP contribution is -2.50. The first kappa shape index (κ1) is 25.9. The van der Waals surface area contributed by atoms with Crippen molar-refractivity contribution in [1.29, 1.82) is 0 Å². The molecule has 2 aromatic carbocycles. The standard InChI is InChI=1S/C27H36Cl2N4O2/c1-27(31-26(34)30-22-7-3-4-9-24(22)35-2)13-10-20(11-14-27)12-15-32-16-18-33(19-17-32)23-8-5-6-21(28)25(23)29/h3-9,20H,10-19H2,1-2H3,(H2,30,31,34). The van der Waals surface area contributed by atoms with Crippen LogP contribution in [0.5, 0.6) is 5.75 Å². The van der Waals surface area contributed by atoms with Crippen molar-refractivity contribution in [1.82, 2.24) is 10.2 Å². The molecule has 2 fully saturated rings. The zero-order chi connectivity index (χ0) is 24.8. The van der Waals surface area contributed by atoms with E-state index in [0.717, 1.165) is 64.1 Å². The molecular formula is C27H36Cl2N4O2. The molecule has 1 aliphatic heterocycles. The largest absolute Gasteiger partial charge is 0.495 e. The van der Waals surface area contributed by atoms with E-state index in [9.17, 15) is 4.79 Å². The van der Waals surface area contributed by atoms with Crippen LogP contribution in [0.2, 0.25) is 10.0 Å². The van der Waals surface area contributed by atoms with E-state index in [1.54, 1.807) is 7.11 Å². The van der Waals surface area contributed by atoms with Crippen molar-refractivity contribution in [3.63, 3.8) is 0 Å². The highest BCUT2D eigenvalue weighted by molar-refractivity contribution is 6.43. The molecule has 2 N–H and O–H groups in total. The van der Waals surface area contributed by atoms with Crippen LogP contribution >= 0.6 is 23.2 Å². The highest BCUT2D eigenvalue weighted by Crippen LogP contribution is 2.35. The second-order valence-electron chi connectivity index (χ2n) is 9.97. The first-order valence-corrected chi connectivity index (χ1v) is 13.3. The summed E-state index contributed by atoms with van der Waals surface area (Å²) >= 11 is 12.6. The second kappa shape index (κ2) is 11.7. The fourth-order valence-corrected chi connectivity index (χ4v) is 5.63. The molecule has 0 spiro atoms. The molecule has 6 nitrogen and oxygen atoms in total. The van der Waals surface area contributed by atoms with E-state index in [4.69, 9.17) is 27.9 Å². The minimum Gasteiger partial charge on any atom is -0.495 e. The molecule has 8 heteroatoms. The first-order chi connectivity index (χ1) is 16.9. The number of nitrogens with one attached hydrogen (secondary N) is 2. The monoisotopic (exact) mass is 518 g/mol. The molecule has 190 valence electrons. The van der Waals surface area contributed by atoms with Gasteiger partial charge in [0.05, 0.1) is 28.5 Å². The van der Waals surface area contributed by atoms with E-state index >= 15 is 0 Å². The number of benzene rings is 2. The average Bonchev–Trinajstić information content (AvgIpc) is 2.86. The molecule has 35 heavy (non-hydrogen) atoms. The summed E-state index contributed by atoms with van der Waals surface area (Å²) in [6, 6.07) is 13.1. The number of halogens is 2. The zero-order valence-corrected chi connectivity index (χ0v) is 22.2. The third-order valence-corrected chi connectivity index (χ3v) is 8.29. The van der Waals surface area contributed by atoms with Gasteiger partial charge in [-0.3, -0.25) is 4.90 Å². The van der Waals surface area contributed by atoms with Crippen molar-refractivity contribution in [3.8, 4) is 5.75 Å². The van der Waals surface area contributed by atoms with Crippen LogP contribution in [0.15, 0.2) is 42.5 Å². The zero-order valence-electron chi connectivity index (χ0n) is 20.7. The second-order valence-corrected chi connectivity index (χ2v) is 10.8. The Labute approximate surface area is 218 Å². The number of methoxy groups -OCH3 is 1. The molecule has 4 rings (SSSR count). The van der Waals surface area contributed by atoms with Crippen molar-refractivity contribution >= 4 is 40.6 Å². The molecule has 1 saturated heterocycles. The molecule has 2 amide bonds. The Morgan fingerprint density at radius 1 is 1.06 bits per heavy atom. The van der Waals surface area contributed by atoms with Gasteiger partial charge in [0, 0.05) is 31.7 Å². The van der Waals surface area contributed by atoms with Crippen molar-refractivity contribution in [2.24, 2.45) is 5.92 Å². The number of urea groups is 1. The summed E-state index contributed by atoms with van der Waals surface area (Å²) < 4.78 is 5.33. The summed E-state index contributed by atoms with van der Waals surface area (Å²) in [5.74, 6) is 1.37. The minimum atomic E-state index is -0.176. The number of nitrogens with zero attached hydrogens (tertiary/aromatic N) is 2. The van der Waals surface area contributed by atoms with Gasteiger partial charge < -0.3 is 20.3 Å². The lowest BCUT2D eigenvalue weighted by molar-refractivity contribution is 0.176. The normalized spacial score (nSPS) is 23.1. The minimum absolute atomic E-state index is 0.173. The van der Waals surface area contributed by atoms with Gasteiger partial charge in [0.15, 0.2) is 0 Å². The predicted octanol–water partition coefficient (Wildman–Crippen LogP) is 6.28. The summed E-state index contributed by atoms with van der Waals surface area (Å²) in [5.41, 5.74) is 1.54. The maximum absolute atomic E-state index is 12.6. The number of ether oxygens (including phenoxy) is 1. The van der Waals surface area contributed by atoms with Gasteiger partial charge >= 0.3 is 6.03 Å². The quantitative estimate of drug-likeness (QED) is 0.452. The fraction of sp³-hybridized carbons (Fsp3) is 0.519. The van der Waals surface area contributed by atoms with Gasteiger partial charge in [-0.1, -0.05) is 41.4 Å². The number of piperazine rings is 1. The molecule has 0 unspecified atom stereocenters. The molecule has 1 aliphatic carbocycles. The van der Waals surface area contributed by atoms with Crippen LogP contribution in [0.3, 0.4) is 0 Å². The third-order valence-electron chi connectivity index (χ3n) is 7.48. The number of carbonyl (C=O) groups is 1. The van der Waals surface area contributed by atoms with E-state index < -0.39 is 0 Å². The Kier molecular flexibility index (Phi) is 8.68. The van der Waals surface area contributed by atoms with E-state index in [-0.39, 0.29) is 11.6 Å². The Bertz CT molecular complexity index is 1000. The van der Waals surface area contributed by atoms with Gasteiger partial charge in [0.1, 0.15) is 5.75 Å². The van der Waals surface area contributed by atoms with E-state index in [1.807, 2.05) is 42.5 Å². The van der Waals surface area contributed by atoms with E-state index in [0.29, 0.717) is 27.4 Å². The topological polar surface area (TPSA) is 56.8 Å². The van der Waals surface area contributed by atoms with Crippen molar-refractivity contribution in [2.75, 3.05) is 50.1 Å². The first-order valence-electron chi connectivity index (χ1n) is 12.5. The van der Waals surface area contributed by atoms with Gasteiger partial charge in [-0.15, -0.1) is 0 Å². The number of anilines is 2. The average molecular weight is 520 g/mol. The summed E-state index contributed by atoms with van der Waals surface area (Å²) in [7, 11) is 1.61. The van der Waals surface area contributed by atoms with Crippen LogP contribution in [0.25, 0.3) is 0 Å². The number of carbonyl (C=O) groups excluding carboxylic acids is 1. The molecule has 2 aromatic rings. The van der Waals surface area contributed by atoms with Gasteiger partial charge in [0.25, 0.3) is 0 Å². The summed E-state index contributed by atoms with van der Waals surface area (Å²) in [5, 5.41) is 7.41. The third kappa shape index (κ3) is 6.75. The SMILES string of the molecule is COc1ccccc1NC(=O)NC1(C)CCC(CCN2CCN(c3cccc(Cl)c3Cl)CC2)CC1. The van der Waals surface area contributed by atoms with Crippen LogP contribution in [0, 0.1) is 5.92 Å². The molecule has 0 aromatic heterocycles. The molecule has 0 bridgehead atoms. The van der Waals surface area contributed by atoms with Crippen LogP contribution in [-0.4, -0.2) is 56.3 Å². The Balaban J connectivity index is 1.18. The lowest BCUT2D eigenvalue weighted by Gasteiger charge is -2.40. The van der Waals surface area contributed by atoms with Crippen LogP contribution in [0.1, 0.15) is 39.0 Å². The highest BCUT2D eigenvalue weighted by atomic mass is 35.5. The van der Waals surface area contributed by atoms with Gasteiger partial charge in [-0.2, -0.15) is 0 Å².